The smallest absolute Gasteiger partial charge is 0.156 e. The molecule has 106 valence electrons. The van der Waals surface area contributed by atoms with Crippen molar-refractivity contribution in [2.75, 3.05) is 0 Å². The third-order valence-electron chi connectivity index (χ3n) is 4.52. The zero-order valence-electron chi connectivity index (χ0n) is 11.0. The van der Waals surface area contributed by atoms with E-state index in [1.165, 1.54) is 6.20 Å². The Hall–Kier alpha value is -1.45. The van der Waals surface area contributed by atoms with Crippen LogP contribution in [0.15, 0.2) is 18.3 Å². The second kappa shape index (κ2) is 4.54. The van der Waals surface area contributed by atoms with E-state index in [1.54, 1.807) is 12.1 Å². The molecule has 2 unspecified atom stereocenters. The van der Waals surface area contributed by atoms with E-state index in [9.17, 15) is 13.5 Å². The van der Waals surface area contributed by atoms with E-state index in [1.807, 2.05) is 6.07 Å². The third kappa shape index (κ3) is 2.02. The number of sulfone groups is 1. The summed E-state index contributed by atoms with van der Waals surface area (Å²) in [5.74, 6) is 0. The maximum absolute atomic E-state index is 12.3. The molecule has 0 spiro atoms. The molecule has 0 amide bonds. The summed E-state index contributed by atoms with van der Waals surface area (Å²) in [4.78, 5) is 3.89. The molecule has 1 aromatic rings. The minimum Gasteiger partial charge on any atom is -0.385 e. The molecule has 20 heavy (non-hydrogen) atoms. The summed E-state index contributed by atoms with van der Waals surface area (Å²) in [6.07, 6.45) is 4.09. The van der Waals surface area contributed by atoms with E-state index in [4.69, 9.17) is 5.26 Å². The molecule has 2 saturated heterocycles. The number of hydrogen-bond acceptors (Lipinski definition) is 5. The Morgan fingerprint density at radius 1 is 1.35 bits per heavy atom. The van der Waals surface area contributed by atoms with E-state index in [0.29, 0.717) is 18.4 Å². The fourth-order valence-corrected chi connectivity index (χ4v) is 6.01. The molecule has 0 radical (unpaired) electrons. The number of rotatable bonds is 1. The lowest BCUT2D eigenvalue weighted by atomic mass is 9.80. The maximum atomic E-state index is 12.3. The Morgan fingerprint density at radius 2 is 2.00 bits per heavy atom. The lowest BCUT2D eigenvalue weighted by Gasteiger charge is -2.44. The number of aliphatic hydroxyl groups is 1. The topological polar surface area (TPSA) is 91.0 Å². The van der Waals surface area contributed by atoms with Crippen molar-refractivity contribution in [3.05, 3.63) is 29.6 Å². The zero-order chi connectivity index (χ0) is 14.4. The quantitative estimate of drug-likeness (QED) is 0.841. The lowest BCUT2D eigenvalue weighted by molar-refractivity contribution is 0.00491. The highest BCUT2D eigenvalue weighted by Crippen LogP contribution is 2.45. The van der Waals surface area contributed by atoms with Crippen LogP contribution in [0.3, 0.4) is 0 Å². The first-order valence-corrected chi connectivity index (χ1v) is 8.38. The molecule has 2 aliphatic rings. The summed E-state index contributed by atoms with van der Waals surface area (Å²) in [6, 6.07) is 5.19. The molecule has 1 aromatic heterocycles. The minimum atomic E-state index is -3.10. The van der Waals surface area contributed by atoms with Gasteiger partial charge in [0.2, 0.25) is 0 Å². The van der Waals surface area contributed by atoms with Crippen molar-refractivity contribution in [1.82, 2.24) is 4.98 Å². The number of nitriles is 1. The molecule has 2 bridgehead atoms. The largest absolute Gasteiger partial charge is 0.385 e. The van der Waals surface area contributed by atoms with Crippen molar-refractivity contribution in [1.29, 1.82) is 5.26 Å². The molecule has 6 heteroatoms. The molecule has 0 saturated carbocycles. The van der Waals surface area contributed by atoms with Gasteiger partial charge in [0.15, 0.2) is 9.84 Å². The van der Waals surface area contributed by atoms with Crippen molar-refractivity contribution < 1.29 is 13.5 Å². The van der Waals surface area contributed by atoms with Crippen LogP contribution < -0.4 is 0 Å². The summed E-state index contributed by atoms with van der Waals surface area (Å²) in [6.45, 7) is 0. The molecule has 0 aromatic carbocycles. The van der Waals surface area contributed by atoms with Gasteiger partial charge in [-0.25, -0.2) is 13.4 Å². The van der Waals surface area contributed by atoms with Crippen LogP contribution in [-0.2, 0) is 15.4 Å². The van der Waals surface area contributed by atoms with Gasteiger partial charge in [0.1, 0.15) is 11.8 Å². The zero-order valence-corrected chi connectivity index (χ0v) is 11.8. The van der Waals surface area contributed by atoms with Gasteiger partial charge >= 0.3 is 0 Å². The van der Waals surface area contributed by atoms with E-state index in [-0.39, 0.29) is 18.5 Å². The van der Waals surface area contributed by atoms with Gasteiger partial charge in [-0.1, -0.05) is 6.42 Å². The van der Waals surface area contributed by atoms with Crippen molar-refractivity contribution in [2.45, 2.75) is 48.2 Å². The predicted octanol–water partition coefficient (Wildman–Crippen LogP) is 1.27. The van der Waals surface area contributed by atoms with Gasteiger partial charge in [0.05, 0.1) is 16.1 Å². The third-order valence-corrected chi connectivity index (χ3v) is 7.19. The summed E-state index contributed by atoms with van der Waals surface area (Å²) in [5.41, 5.74) is -0.305. The molecule has 1 N–H and O–H groups in total. The van der Waals surface area contributed by atoms with Crippen LogP contribution >= 0.6 is 0 Å². The van der Waals surface area contributed by atoms with Crippen LogP contribution in [0.5, 0.6) is 0 Å². The first kappa shape index (κ1) is 13.5. The van der Waals surface area contributed by atoms with Crippen LogP contribution in [0.1, 0.15) is 43.4 Å². The summed E-state index contributed by atoms with van der Waals surface area (Å²) < 4.78 is 24.5. The Bertz CT molecular complexity index is 658. The van der Waals surface area contributed by atoms with Gasteiger partial charge in [-0.2, -0.15) is 5.26 Å². The van der Waals surface area contributed by atoms with Crippen LogP contribution in [0.2, 0.25) is 0 Å². The van der Waals surface area contributed by atoms with Crippen molar-refractivity contribution >= 4 is 9.84 Å². The minimum absolute atomic E-state index is 0.223. The van der Waals surface area contributed by atoms with Crippen LogP contribution in [-0.4, -0.2) is 29.0 Å². The second-order valence-electron chi connectivity index (χ2n) is 5.75. The SMILES string of the molecule is N#Cc1cc(C2(O)CC3CCCC(C2)S3(=O)=O)ccn1. The number of hydrogen-bond donors (Lipinski definition) is 1. The Balaban J connectivity index is 2.00. The van der Waals surface area contributed by atoms with Gasteiger partial charge in [-0.3, -0.25) is 0 Å². The Kier molecular flexibility index (Phi) is 3.07. The van der Waals surface area contributed by atoms with Crippen LogP contribution in [0, 0.1) is 11.3 Å². The van der Waals surface area contributed by atoms with Crippen molar-refractivity contribution in [3.63, 3.8) is 0 Å². The molecule has 2 fully saturated rings. The lowest BCUT2D eigenvalue weighted by Crippen LogP contribution is -2.50. The summed E-state index contributed by atoms with van der Waals surface area (Å²) >= 11 is 0. The van der Waals surface area contributed by atoms with Crippen LogP contribution in [0.4, 0.5) is 0 Å². The molecule has 3 rings (SSSR count). The Labute approximate surface area is 118 Å². The predicted molar refractivity (Wildman–Crippen MR) is 72.4 cm³/mol. The molecule has 5 nitrogen and oxygen atoms in total. The highest BCUT2D eigenvalue weighted by Gasteiger charge is 2.50. The van der Waals surface area contributed by atoms with Gasteiger partial charge in [-0.15, -0.1) is 0 Å². The van der Waals surface area contributed by atoms with Crippen molar-refractivity contribution in [3.8, 4) is 6.07 Å². The van der Waals surface area contributed by atoms with Gasteiger partial charge < -0.3 is 5.11 Å². The Morgan fingerprint density at radius 3 is 2.60 bits per heavy atom. The number of fused-ring (bicyclic) bond motifs is 2. The number of nitrogens with zero attached hydrogens (tertiary/aromatic N) is 2. The molecular formula is C14H16N2O3S. The molecule has 2 aliphatic heterocycles. The molecule has 0 aliphatic carbocycles. The van der Waals surface area contributed by atoms with E-state index >= 15 is 0 Å². The van der Waals surface area contributed by atoms with Crippen LogP contribution in [0.25, 0.3) is 0 Å². The van der Waals surface area contributed by atoms with E-state index in [0.717, 1.165) is 6.42 Å². The standard InChI is InChI=1S/C14H16N2O3S/c15-9-11-6-10(4-5-16-11)14(17)7-12-2-1-3-13(8-14)20(12,18)19/h4-6,12-13,17H,1-3,7-8H2. The monoisotopic (exact) mass is 292 g/mol. The molecular weight excluding hydrogens is 276 g/mol. The van der Waals surface area contributed by atoms with Gasteiger partial charge in [0.25, 0.3) is 0 Å². The fraction of sp³-hybridized carbons (Fsp3) is 0.571. The summed E-state index contributed by atoms with van der Waals surface area (Å²) in [5, 5.41) is 18.9. The first-order valence-electron chi connectivity index (χ1n) is 6.77. The highest BCUT2D eigenvalue weighted by molar-refractivity contribution is 7.92. The fourth-order valence-electron chi connectivity index (χ4n) is 3.46. The molecule has 3 heterocycles. The average molecular weight is 292 g/mol. The number of aromatic nitrogens is 1. The van der Waals surface area contributed by atoms with Gasteiger partial charge in [0, 0.05) is 6.20 Å². The normalized spacial score (nSPS) is 35.2. The van der Waals surface area contributed by atoms with E-state index in [2.05, 4.69) is 4.98 Å². The second-order valence-corrected chi connectivity index (χ2v) is 8.26. The first-order chi connectivity index (χ1) is 9.45. The van der Waals surface area contributed by atoms with Gasteiger partial charge in [-0.05, 0) is 43.4 Å². The molecule has 2 atom stereocenters. The van der Waals surface area contributed by atoms with E-state index < -0.39 is 25.9 Å². The highest BCUT2D eigenvalue weighted by atomic mass is 32.2. The van der Waals surface area contributed by atoms with Crippen molar-refractivity contribution in [2.24, 2.45) is 0 Å². The summed E-state index contributed by atoms with van der Waals surface area (Å²) in [7, 11) is -3.10. The number of pyridine rings is 1. The average Bonchev–Trinajstić information content (AvgIpc) is 2.41. The maximum Gasteiger partial charge on any atom is 0.156 e.